The normalized spacial score (nSPS) is 19.5. The Morgan fingerprint density at radius 1 is 1.29 bits per heavy atom. The molecule has 1 aliphatic rings. The molecule has 94 valence electrons. The summed E-state index contributed by atoms with van der Waals surface area (Å²) in [6.45, 7) is 1.80. The van der Waals surface area contributed by atoms with Crippen LogP contribution in [0.15, 0.2) is 12.3 Å². The van der Waals surface area contributed by atoms with Crippen LogP contribution in [-0.4, -0.2) is 35.0 Å². The number of piperidine rings is 1. The van der Waals surface area contributed by atoms with E-state index in [0.717, 1.165) is 25.9 Å². The highest BCUT2D eigenvalue weighted by Crippen LogP contribution is 2.29. The van der Waals surface area contributed by atoms with Crippen molar-refractivity contribution < 1.29 is 13.2 Å². The van der Waals surface area contributed by atoms with E-state index in [1.54, 1.807) is 6.07 Å². The lowest BCUT2D eigenvalue weighted by Gasteiger charge is -2.28. The summed E-state index contributed by atoms with van der Waals surface area (Å²) in [4.78, 5) is 9.08. The lowest BCUT2D eigenvalue weighted by atomic mass is 9.93. The van der Waals surface area contributed by atoms with Gasteiger partial charge in [-0.2, -0.15) is 13.2 Å². The van der Waals surface area contributed by atoms with Crippen molar-refractivity contribution in [2.45, 2.75) is 24.9 Å². The van der Waals surface area contributed by atoms with E-state index in [0.29, 0.717) is 5.69 Å². The molecule has 0 saturated carbocycles. The summed E-state index contributed by atoms with van der Waals surface area (Å²) in [5, 5.41) is 0. The highest BCUT2D eigenvalue weighted by molar-refractivity contribution is 5.10. The Morgan fingerprint density at radius 2 is 1.94 bits per heavy atom. The second-order valence-corrected chi connectivity index (χ2v) is 4.38. The van der Waals surface area contributed by atoms with Gasteiger partial charge in [0.25, 0.3) is 0 Å². The summed E-state index contributed by atoms with van der Waals surface area (Å²) in [6.07, 6.45) is -1.55. The first-order chi connectivity index (χ1) is 7.97. The molecule has 1 saturated heterocycles. The first kappa shape index (κ1) is 12.3. The van der Waals surface area contributed by atoms with Crippen LogP contribution < -0.4 is 0 Å². The second kappa shape index (κ2) is 4.60. The molecule has 1 aliphatic heterocycles. The fraction of sp³-hybridized carbons (Fsp3) is 0.636. The molecule has 0 unspecified atom stereocenters. The summed E-state index contributed by atoms with van der Waals surface area (Å²) < 4.78 is 37.4. The van der Waals surface area contributed by atoms with Crippen LogP contribution in [0.4, 0.5) is 13.2 Å². The van der Waals surface area contributed by atoms with Crippen molar-refractivity contribution >= 4 is 0 Å². The fourth-order valence-corrected chi connectivity index (χ4v) is 2.04. The molecule has 0 aromatic carbocycles. The second-order valence-electron chi connectivity index (χ2n) is 4.38. The topological polar surface area (TPSA) is 29.0 Å². The summed E-state index contributed by atoms with van der Waals surface area (Å²) in [5.74, 6) is -0.913. The minimum Gasteiger partial charge on any atom is -0.306 e. The number of halogens is 3. The Hall–Kier alpha value is -1.17. The van der Waals surface area contributed by atoms with Gasteiger partial charge in [-0.3, -0.25) is 0 Å². The van der Waals surface area contributed by atoms with E-state index >= 15 is 0 Å². The molecule has 0 N–H and O–H groups in total. The van der Waals surface area contributed by atoms with Crippen LogP contribution in [0, 0.1) is 0 Å². The third-order valence-electron chi connectivity index (χ3n) is 3.07. The Bertz CT molecular complexity index is 384. The fourth-order valence-electron chi connectivity index (χ4n) is 2.04. The number of nitrogens with zero attached hydrogens (tertiary/aromatic N) is 3. The third kappa shape index (κ3) is 2.94. The van der Waals surface area contributed by atoms with Gasteiger partial charge in [0.15, 0.2) is 0 Å². The molecule has 1 fully saturated rings. The van der Waals surface area contributed by atoms with E-state index in [-0.39, 0.29) is 5.92 Å². The largest absolute Gasteiger partial charge is 0.451 e. The van der Waals surface area contributed by atoms with Crippen molar-refractivity contribution in [3.8, 4) is 0 Å². The van der Waals surface area contributed by atoms with Crippen molar-refractivity contribution in [2.75, 3.05) is 20.1 Å². The molecule has 3 nitrogen and oxygen atoms in total. The number of hydrogen-bond acceptors (Lipinski definition) is 3. The lowest BCUT2D eigenvalue weighted by Crippen LogP contribution is -2.29. The number of aromatic nitrogens is 2. The zero-order valence-corrected chi connectivity index (χ0v) is 9.54. The molecule has 1 aromatic heterocycles. The monoisotopic (exact) mass is 245 g/mol. The van der Waals surface area contributed by atoms with Gasteiger partial charge >= 0.3 is 6.18 Å². The third-order valence-corrected chi connectivity index (χ3v) is 3.07. The molecule has 0 spiro atoms. The number of rotatable bonds is 1. The van der Waals surface area contributed by atoms with E-state index in [4.69, 9.17) is 0 Å². The average molecular weight is 245 g/mol. The van der Waals surface area contributed by atoms with Gasteiger partial charge in [0.05, 0.1) is 0 Å². The quantitative estimate of drug-likeness (QED) is 0.760. The van der Waals surface area contributed by atoms with E-state index in [2.05, 4.69) is 14.9 Å². The molecule has 0 atom stereocenters. The lowest BCUT2D eigenvalue weighted by molar-refractivity contribution is -0.145. The Labute approximate surface area is 97.7 Å². The van der Waals surface area contributed by atoms with Gasteiger partial charge in [0.1, 0.15) is 0 Å². The molecule has 0 aliphatic carbocycles. The van der Waals surface area contributed by atoms with Gasteiger partial charge in [-0.15, -0.1) is 0 Å². The Kier molecular flexibility index (Phi) is 3.33. The van der Waals surface area contributed by atoms with E-state index in [9.17, 15) is 13.2 Å². The van der Waals surface area contributed by atoms with Crippen LogP contribution in [0.25, 0.3) is 0 Å². The van der Waals surface area contributed by atoms with Crippen molar-refractivity contribution in [1.82, 2.24) is 14.9 Å². The summed E-state index contributed by atoms with van der Waals surface area (Å²) >= 11 is 0. The Balaban J connectivity index is 2.16. The van der Waals surface area contributed by atoms with Crippen LogP contribution in [0.2, 0.25) is 0 Å². The van der Waals surface area contributed by atoms with E-state index in [1.807, 2.05) is 7.05 Å². The van der Waals surface area contributed by atoms with Crippen LogP contribution >= 0.6 is 0 Å². The molecule has 1 aromatic rings. The predicted molar refractivity (Wildman–Crippen MR) is 56.5 cm³/mol. The minimum absolute atomic E-state index is 0.121. The molecular weight excluding hydrogens is 231 g/mol. The highest BCUT2D eigenvalue weighted by atomic mass is 19.4. The van der Waals surface area contributed by atoms with Gasteiger partial charge in [-0.25, -0.2) is 9.97 Å². The minimum atomic E-state index is -4.46. The van der Waals surface area contributed by atoms with E-state index < -0.39 is 12.0 Å². The predicted octanol–water partition coefficient (Wildman–Crippen LogP) is 2.30. The van der Waals surface area contributed by atoms with Gasteiger partial charge in [-0.1, -0.05) is 0 Å². The van der Waals surface area contributed by atoms with E-state index in [1.165, 1.54) is 6.20 Å². The molecule has 6 heteroatoms. The first-order valence-corrected chi connectivity index (χ1v) is 5.55. The number of alkyl halides is 3. The first-order valence-electron chi connectivity index (χ1n) is 5.55. The molecule has 2 heterocycles. The molecule has 0 amide bonds. The molecule has 0 radical (unpaired) electrons. The van der Waals surface area contributed by atoms with Crippen molar-refractivity contribution in [2.24, 2.45) is 0 Å². The standard InChI is InChI=1S/C11H14F3N3/c1-17-6-3-8(4-7-17)9-2-5-15-10(16-9)11(12,13)14/h2,5,8H,3-4,6-7H2,1H3. The number of hydrogen-bond donors (Lipinski definition) is 0. The van der Waals surface area contributed by atoms with Gasteiger partial charge in [-0.05, 0) is 39.0 Å². The average Bonchev–Trinajstić information content (AvgIpc) is 2.29. The SMILES string of the molecule is CN1CCC(c2ccnc(C(F)(F)F)n2)CC1. The van der Waals surface area contributed by atoms with Gasteiger partial charge in [0, 0.05) is 17.8 Å². The van der Waals surface area contributed by atoms with Crippen molar-refractivity contribution in [3.63, 3.8) is 0 Å². The molecule has 2 rings (SSSR count). The molecule has 0 bridgehead atoms. The molecular formula is C11H14F3N3. The highest BCUT2D eigenvalue weighted by Gasteiger charge is 2.35. The summed E-state index contributed by atoms with van der Waals surface area (Å²) in [5.41, 5.74) is 0.514. The smallest absolute Gasteiger partial charge is 0.306 e. The van der Waals surface area contributed by atoms with Gasteiger partial charge in [0.2, 0.25) is 5.82 Å². The van der Waals surface area contributed by atoms with Crippen molar-refractivity contribution in [1.29, 1.82) is 0 Å². The van der Waals surface area contributed by atoms with Crippen LogP contribution in [0.5, 0.6) is 0 Å². The molecule has 17 heavy (non-hydrogen) atoms. The van der Waals surface area contributed by atoms with Gasteiger partial charge < -0.3 is 4.90 Å². The zero-order valence-electron chi connectivity index (χ0n) is 9.54. The van der Waals surface area contributed by atoms with Crippen LogP contribution in [0.1, 0.15) is 30.3 Å². The maximum absolute atomic E-state index is 12.5. The summed E-state index contributed by atoms with van der Waals surface area (Å²) in [6, 6.07) is 1.59. The van der Waals surface area contributed by atoms with Crippen LogP contribution in [-0.2, 0) is 6.18 Å². The number of likely N-dealkylation sites (tertiary alicyclic amines) is 1. The maximum Gasteiger partial charge on any atom is 0.451 e. The zero-order chi connectivity index (χ0) is 12.5. The van der Waals surface area contributed by atoms with Crippen LogP contribution in [0.3, 0.4) is 0 Å². The summed E-state index contributed by atoms with van der Waals surface area (Å²) in [7, 11) is 2.01. The van der Waals surface area contributed by atoms with Crippen molar-refractivity contribution in [3.05, 3.63) is 23.8 Å². The maximum atomic E-state index is 12.5. The Morgan fingerprint density at radius 3 is 2.53 bits per heavy atom.